The Hall–Kier alpha value is -0.300. The van der Waals surface area contributed by atoms with Crippen molar-refractivity contribution in [1.29, 1.82) is 0 Å². The van der Waals surface area contributed by atoms with Crippen molar-refractivity contribution in [1.82, 2.24) is 0 Å². The molecule has 0 spiro atoms. The van der Waals surface area contributed by atoms with Crippen molar-refractivity contribution in [3.8, 4) is 0 Å². The largest absolute Gasteiger partial charge is 0.390 e. The van der Waals surface area contributed by atoms with E-state index in [-0.39, 0.29) is 0 Å². The molecular formula is C26H42O. The van der Waals surface area contributed by atoms with Crippen molar-refractivity contribution in [3.05, 3.63) is 11.1 Å². The van der Waals surface area contributed by atoms with Crippen LogP contribution in [0.3, 0.4) is 0 Å². The SMILES string of the molecule is CC([C@H]1CCC2=C1C[C@H](C(C)(C)O)CC[C@@H]2C)C12CC3CC(CC(C3)C1)C2. The molecule has 1 nitrogen and oxygen atoms in total. The summed E-state index contributed by atoms with van der Waals surface area (Å²) in [5.41, 5.74) is 3.79. The second-order valence-electron chi connectivity index (χ2n) is 12.3. The molecule has 1 heteroatoms. The van der Waals surface area contributed by atoms with Gasteiger partial charge in [0.25, 0.3) is 0 Å². The highest BCUT2D eigenvalue weighted by molar-refractivity contribution is 5.28. The molecule has 6 aliphatic rings. The fraction of sp³-hybridized carbons (Fsp3) is 0.923. The first-order valence-electron chi connectivity index (χ1n) is 12.2. The molecule has 27 heavy (non-hydrogen) atoms. The Morgan fingerprint density at radius 2 is 1.52 bits per heavy atom. The van der Waals surface area contributed by atoms with Crippen molar-refractivity contribution in [2.24, 2.45) is 46.8 Å². The Morgan fingerprint density at radius 1 is 0.926 bits per heavy atom. The molecule has 0 amide bonds. The third kappa shape index (κ3) is 3.06. The maximum absolute atomic E-state index is 10.8. The minimum atomic E-state index is -0.529. The maximum Gasteiger partial charge on any atom is 0.0622 e. The lowest BCUT2D eigenvalue weighted by Gasteiger charge is -2.60. The molecule has 0 saturated heterocycles. The zero-order valence-electron chi connectivity index (χ0n) is 18.3. The van der Waals surface area contributed by atoms with E-state index in [4.69, 9.17) is 0 Å². The van der Waals surface area contributed by atoms with Gasteiger partial charge in [0.2, 0.25) is 0 Å². The summed E-state index contributed by atoms with van der Waals surface area (Å²) in [5, 5.41) is 10.8. The average molecular weight is 371 g/mol. The molecule has 6 rings (SSSR count). The summed E-state index contributed by atoms with van der Waals surface area (Å²) in [7, 11) is 0. The fourth-order valence-electron chi connectivity index (χ4n) is 9.04. The summed E-state index contributed by atoms with van der Waals surface area (Å²) in [5.74, 6) is 6.08. The molecule has 0 aromatic heterocycles. The third-order valence-electron chi connectivity index (χ3n) is 10.2. The Bertz CT molecular complexity index is 585. The molecule has 0 aliphatic heterocycles. The van der Waals surface area contributed by atoms with Crippen LogP contribution in [-0.2, 0) is 0 Å². The van der Waals surface area contributed by atoms with Crippen LogP contribution in [0.1, 0.15) is 98.3 Å². The molecule has 0 aromatic carbocycles. The summed E-state index contributed by atoms with van der Waals surface area (Å²) >= 11 is 0. The van der Waals surface area contributed by atoms with Gasteiger partial charge in [-0.3, -0.25) is 0 Å². The van der Waals surface area contributed by atoms with E-state index < -0.39 is 5.60 Å². The molecule has 4 atom stereocenters. The van der Waals surface area contributed by atoms with Crippen LogP contribution >= 0.6 is 0 Å². The van der Waals surface area contributed by atoms with Crippen LogP contribution in [0.4, 0.5) is 0 Å². The molecule has 0 aromatic rings. The Morgan fingerprint density at radius 3 is 2.07 bits per heavy atom. The van der Waals surface area contributed by atoms with E-state index in [1.165, 1.54) is 32.1 Å². The minimum absolute atomic E-state index is 0.455. The molecular weight excluding hydrogens is 328 g/mol. The fourth-order valence-corrected chi connectivity index (χ4v) is 9.04. The first kappa shape index (κ1) is 18.7. The van der Waals surface area contributed by atoms with Gasteiger partial charge < -0.3 is 5.11 Å². The second-order valence-corrected chi connectivity index (χ2v) is 12.3. The van der Waals surface area contributed by atoms with Gasteiger partial charge in [-0.15, -0.1) is 0 Å². The van der Waals surface area contributed by atoms with Crippen molar-refractivity contribution >= 4 is 0 Å². The number of hydrogen-bond acceptors (Lipinski definition) is 1. The van der Waals surface area contributed by atoms with Crippen molar-refractivity contribution in [2.75, 3.05) is 0 Å². The lowest BCUT2D eigenvalue weighted by molar-refractivity contribution is -0.0935. The van der Waals surface area contributed by atoms with E-state index in [1.54, 1.807) is 38.5 Å². The Labute approximate surface area is 167 Å². The molecule has 6 aliphatic carbocycles. The van der Waals surface area contributed by atoms with Gasteiger partial charge in [-0.1, -0.05) is 25.0 Å². The summed E-state index contributed by atoms with van der Waals surface area (Å²) in [4.78, 5) is 0. The van der Waals surface area contributed by atoms with Crippen molar-refractivity contribution < 1.29 is 5.11 Å². The summed E-state index contributed by atoms with van der Waals surface area (Å²) in [6, 6.07) is 0. The zero-order chi connectivity index (χ0) is 19.0. The maximum atomic E-state index is 10.8. The number of rotatable bonds is 3. The van der Waals surface area contributed by atoms with Crippen LogP contribution in [0.5, 0.6) is 0 Å². The molecule has 4 fully saturated rings. The van der Waals surface area contributed by atoms with E-state index in [0.717, 1.165) is 35.5 Å². The predicted molar refractivity (Wildman–Crippen MR) is 112 cm³/mol. The lowest BCUT2D eigenvalue weighted by atomic mass is 9.45. The molecule has 0 radical (unpaired) electrons. The van der Waals surface area contributed by atoms with E-state index in [2.05, 4.69) is 27.7 Å². The Kier molecular flexibility index (Phi) is 4.40. The van der Waals surface area contributed by atoms with Crippen LogP contribution in [-0.4, -0.2) is 10.7 Å². The van der Waals surface area contributed by atoms with E-state index >= 15 is 0 Å². The van der Waals surface area contributed by atoms with Crippen LogP contribution in [0.25, 0.3) is 0 Å². The molecule has 0 heterocycles. The zero-order valence-corrected chi connectivity index (χ0v) is 18.3. The van der Waals surface area contributed by atoms with Gasteiger partial charge in [0.15, 0.2) is 0 Å². The third-order valence-corrected chi connectivity index (χ3v) is 10.2. The van der Waals surface area contributed by atoms with Crippen LogP contribution in [0.15, 0.2) is 11.1 Å². The van der Waals surface area contributed by atoms with Gasteiger partial charge in [-0.05, 0) is 131 Å². The minimum Gasteiger partial charge on any atom is -0.390 e. The second kappa shape index (κ2) is 6.35. The standard InChI is InChI=1S/C26H42O/c1-16-5-6-21(25(3,4)27)12-24-22(16)7-8-23(24)17(2)26-13-18-9-19(14-26)11-20(10-18)15-26/h16-21,23,27H,5-15H2,1-4H3/t16-,17?,18?,19?,20?,21+,23+,26?/m0/s1. The number of aliphatic hydroxyl groups is 1. The van der Waals surface area contributed by atoms with E-state index in [9.17, 15) is 5.11 Å². The molecule has 1 N–H and O–H groups in total. The number of hydrogen-bond donors (Lipinski definition) is 1. The number of allylic oxidation sites excluding steroid dienone is 2. The quantitative estimate of drug-likeness (QED) is 0.545. The molecule has 4 bridgehead atoms. The van der Waals surface area contributed by atoms with Crippen LogP contribution < -0.4 is 0 Å². The first-order chi connectivity index (χ1) is 12.7. The van der Waals surface area contributed by atoms with Gasteiger partial charge in [0.05, 0.1) is 5.60 Å². The van der Waals surface area contributed by atoms with E-state index in [1.807, 2.05) is 11.1 Å². The van der Waals surface area contributed by atoms with Crippen LogP contribution in [0, 0.1) is 46.8 Å². The highest BCUT2D eigenvalue weighted by Crippen LogP contribution is 2.65. The average Bonchev–Trinajstić information content (AvgIpc) is 2.91. The van der Waals surface area contributed by atoms with Crippen molar-refractivity contribution in [3.63, 3.8) is 0 Å². The van der Waals surface area contributed by atoms with Gasteiger partial charge in [-0.2, -0.15) is 0 Å². The summed E-state index contributed by atoms with van der Waals surface area (Å²) < 4.78 is 0. The van der Waals surface area contributed by atoms with Crippen LogP contribution in [0.2, 0.25) is 0 Å². The Balaban J connectivity index is 1.43. The normalized spacial score (nSPS) is 47.9. The smallest absolute Gasteiger partial charge is 0.0622 e. The molecule has 152 valence electrons. The topological polar surface area (TPSA) is 20.2 Å². The monoisotopic (exact) mass is 370 g/mol. The predicted octanol–water partition coefficient (Wildman–Crippen LogP) is 6.75. The first-order valence-corrected chi connectivity index (χ1v) is 12.2. The molecule has 4 saturated carbocycles. The summed E-state index contributed by atoms with van der Waals surface area (Å²) in [6.07, 6.45) is 15.8. The lowest BCUT2D eigenvalue weighted by Crippen LogP contribution is -2.50. The van der Waals surface area contributed by atoms with Gasteiger partial charge in [0, 0.05) is 0 Å². The highest BCUT2D eigenvalue weighted by Gasteiger charge is 2.55. The van der Waals surface area contributed by atoms with E-state index in [0.29, 0.717) is 11.3 Å². The van der Waals surface area contributed by atoms with Gasteiger partial charge in [-0.25, -0.2) is 0 Å². The van der Waals surface area contributed by atoms with Gasteiger partial charge >= 0.3 is 0 Å². The highest BCUT2D eigenvalue weighted by atomic mass is 16.3. The molecule has 1 unspecified atom stereocenters. The van der Waals surface area contributed by atoms with Gasteiger partial charge in [0.1, 0.15) is 0 Å². The summed E-state index contributed by atoms with van der Waals surface area (Å²) in [6.45, 7) is 9.24. The van der Waals surface area contributed by atoms with Crippen molar-refractivity contribution in [2.45, 2.75) is 104 Å².